The zero-order valence-corrected chi connectivity index (χ0v) is 18.6. The molecule has 1 aromatic heterocycles. The van der Waals surface area contributed by atoms with Crippen LogP contribution in [0.5, 0.6) is 0 Å². The summed E-state index contributed by atoms with van der Waals surface area (Å²) in [6, 6.07) is 11.5. The monoisotopic (exact) mass is 474 g/mol. The van der Waals surface area contributed by atoms with Crippen LogP contribution in [-0.4, -0.2) is 59.4 Å². The minimum atomic E-state index is -3.77. The van der Waals surface area contributed by atoms with E-state index in [1.54, 1.807) is 35.3 Å². The van der Waals surface area contributed by atoms with E-state index in [-0.39, 0.29) is 36.7 Å². The van der Waals surface area contributed by atoms with Crippen LogP contribution in [0.3, 0.4) is 0 Å². The van der Waals surface area contributed by atoms with Gasteiger partial charge in [0.2, 0.25) is 21.8 Å². The van der Waals surface area contributed by atoms with Gasteiger partial charge in [0, 0.05) is 25.7 Å². The summed E-state index contributed by atoms with van der Waals surface area (Å²) in [5, 5.41) is 9.19. The molecule has 2 amide bonds. The lowest BCUT2D eigenvalue weighted by atomic mass is 10.2. The second-order valence-corrected chi connectivity index (χ2v) is 9.14. The molecule has 2 aromatic carbocycles. The fraction of sp³-hybridized carbons (Fsp3) is 0.238. The lowest BCUT2D eigenvalue weighted by Gasteiger charge is -2.17. The number of nitrogens with zero attached hydrogens (tertiary/aromatic N) is 4. The van der Waals surface area contributed by atoms with E-state index in [0.29, 0.717) is 5.69 Å². The van der Waals surface area contributed by atoms with Crippen LogP contribution in [-0.2, 0) is 19.6 Å². The van der Waals surface area contributed by atoms with Gasteiger partial charge >= 0.3 is 0 Å². The number of carbonyl (C=O) groups is 2. The van der Waals surface area contributed by atoms with Crippen molar-refractivity contribution in [1.29, 1.82) is 0 Å². The Morgan fingerprint density at radius 2 is 1.76 bits per heavy atom. The molecule has 3 aromatic rings. The zero-order valence-electron chi connectivity index (χ0n) is 17.8. The predicted octanol–water partition coefficient (Wildman–Crippen LogP) is 1.56. The highest BCUT2D eigenvalue weighted by Gasteiger charge is 2.20. The van der Waals surface area contributed by atoms with Crippen molar-refractivity contribution in [2.45, 2.75) is 17.7 Å². The van der Waals surface area contributed by atoms with Gasteiger partial charge in [0.15, 0.2) is 0 Å². The fourth-order valence-corrected chi connectivity index (χ4v) is 4.09. The Morgan fingerprint density at radius 1 is 1.06 bits per heavy atom. The van der Waals surface area contributed by atoms with Gasteiger partial charge in [-0.05, 0) is 55.0 Å². The molecule has 10 nitrogen and oxygen atoms in total. The van der Waals surface area contributed by atoms with E-state index in [2.05, 4.69) is 20.7 Å². The maximum atomic E-state index is 13.0. The molecule has 1 heterocycles. The van der Waals surface area contributed by atoms with Crippen molar-refractivity contribution < 1.29 is 22.4 Å². The second-order valence-electron chi connectivity index (χ2n) is 7.10. The fourth-order valence-electron chi connectivity index (χ4n) is 2.88. The van der Waals surface area contributed by atoms with E-state index in [1.807, 2.05) is 0 Å². The number of benzene rings is 2. The van der Waals surface area contributed by atoms with Gasteiger partial charge in [-0.15, -0.1) is 0 Å². The molecule has 0 saturated heterocycles. The van der Waals surface area contributed by atoms with E-state index in [9.17, 15) is 22.4 Å². The molecule has 0 radical (unpaired) electrons. The zero-order chi connectivity index (χ0) is 23.8. The first-order valence-electron chi connectivity index (χ1n) is 9.99. The van der Waals surface area contributed by atoms with E-state index in [4.69, 9.17) is 0 Å². The molecule has 0 bridgehead atoms. The smallest absolute Gasteiger partial charge is 0.243 e. The third-order valence-corrected chi connectivity index (χ3v) is 6.55. The SMILES string of the molecule is CN(CCCC(=O)NCC(=O)Nc1ccc(-n2cncn2)cc1)S(=O)(=O)c1ccc(F)cc1. The highest BCUT2D eigenvalue weighted by Crippen LogP contribution is 2.15. The first-order chi connectivity index (χ1) is 15.8. The number of aromatic nitrogens is 3. The molecular formula is C21H23FN6O4S. The molecule has 2 N–H and O–H groups in total. The van der Waals surface area contributed by atoms with Crippen molar-refractivity contribution in [1.82, 2.24) is 24.4 Å². The molecule has 0 unspecified atom stereocenters. The molecule has 3 rings (SSSR count). The summed E-state index contributed by atoms with van der Waals surface area (Å²) in [5.74, 6) is -1.30. The molecule has 0 saturated carbocycles. The molecule has 174 valence electrons. The Balaban J connectivity index is 1.38. The standard InChI is InChI=1S/C21H23FN6O4S/c1-27(33(31,32)19-10-4-16(22)5-11-19)12-2-3-20(29)24-13-21(30)26-17-6-8-18(9-7-17)28-15-23-14-25-28/h4-11,14-15H,2-3,12-13H2,1H3,(H,24,29)(H,26,30). The second kappa shape index (κ2) is 10.8. The highest BCUT2D eigenvalue weighted by molar-refractivity contribution is 7.89. The Kier molecular flexibility index (Phi) is 7.85. The number of amides is 2. The Morgan fingerprint density at radius 3 is 2.39 bits per heavy atom. The Labute approximate surface area is 190 Å². The summed E-state index contributed by atoms with van der Waals surface area (Å²) < 4.78 is 40.6. The van der Waals surface area contributed by atoms with Crippen LogP contribution in [0, 0.1) is 5.82 Å². The van der Waals surface area contributed by atoms with Crippen molar-refractivity contribution in [3.05, 3.63) is 67.0 Å². The molecule has 0 aliphatic carbocycles. The van der Waals surface area contributed by atoms with Gasteiger partial charge in [0.1, 0.15) is 18.5 Å². The average molecular weight is 475 g/mol. The quantitative estimate of drug-likeness (QED) is 0.459. The number of rotatable bonds is 10. The largest absolute Gasteiger partial charge is 0.347 e. The van der Waals surface area contributed by atoms with Gasteiger partial charge in [-0.1, -0.05) is 0 Å². The predicted molar refractivity (Wildman–Crippen MR) is 118 cm³/mol. The van der Waals surface area contributed by atoms with Crippen molar-refractivity contribution in [3.8, 4) is 5.69 Å². The minimum absolute atomic E-state index is 0.0261. The summed E-state index contributed by atoms with van der Waals surface area (Å²) in [7, 11) is -2.38. The number of nitrogens with one attached hydrogen (secondary N) is 2. The number of hydrogen-bond donors (Lipinski definition) is 2. The molecule has 0 spiro atoms. The van der Waals surface area contributed by atoms with Crippen LogP contribution in [0.2, 0.25) is 0 Å². The van der Waals surface area contributed by atoms with Gasteiger partial charge in [-0.25, -0.2) is 26.8 Å². The summed E-state index contributed by atoms with van der Waals surface area (Å²) in [5.41, 5.74) is 1.34. The van der Waals surface area contributed by atoms with Gasteiger partial charge in [-0.3, -0.25) is 9.59 Å². The van der Waals surface area contributed by atoms with Crippen molar-refractivity contribution in [3.63, 3.8) is 0 Å². The molecule has 12 heteroatoms. The number of carbonyl (C=O) groups excluding carboxylic acids is 2. The molecule has 0 atom stereocenters. The first kappa shape index (κ1) is 24.0. The van der Waals surface area contributed by atoms with Gasteiger partial charge in [0.05, 0.1) is 17.1 Å². The van der Waals surface area contributed by atoms with E-state index < -0.39 is 21.7 Å². The van der Waals surface area contributed by atoms with Crippen LogP contribution in [0.25, 0.3) is 5.69 Å². The summed E-state index contributed by atoms with van der Waals surface area (Å²) >= 11 is 0. The summed E-state index contributed by atoms with van der Waals surface area (Å²) in [4.78, 5) is 27.9. The van der Waals surface area contributed by atoms with E-state index in [0.717, 1.165) is 22.1 Å². The van der Waals surface area contributed by atoms with Gasteiger partial charge in [-0.2, -0.15) is 5.10 Å². The average Bonchev–Trinajstić information content (AvgIpc) is 3.33. The highest BCUT2D eigenvalue weighted by atomic mass is 32.2. The van der Waals surface area contributed by atoms with Gasteiger partial charge < -0.3 is 10.6 Å². The van der Waals surface area contributed by atoms with Crippen LogP contribution < -0.4 is 10.6 Å². The number of sulfonamides is 1. The maximum Gasteiger partial charge on any atom is 0.243 e. The summed E-state index contributed by atoms with van der Waals surface area (Å²) in [6.07, 6.45) is 3.28. The molecule has 33 heavy (non-hydrogen) atoms. The van der Waals surface area contributed by atoms with Crippen molar-refractivity contribution in [2.24, 2.45) is 0 Å². The third-order valence-electron chi connectivity index (χ3n) is 4.68. The number of halogens is 1. The summed E-state index contributed by atoms with van der Waals surface area (Å²) in [6.45, 7) is -0.120. The lowest BCUT2D eigenvalue weighted by Crippen LogP contribution is -2.33. The van der Waals surface area contributed by atoms with E-state index >= 15 is 0 Å². The van der Waals surface area contributed by atoms with Crippen molar-refractivity contribution >= 4 is 27.5 Å². The first-order valence-corrected chi connectivity index (χ1v) is 11.4. The Bertz CT molecular complexity index is 1180. The maximum absolute atomic E-state index is 13.0. The number of anilines is 1. The van der Waals surface area contributed by atoms with Gasteiger partial charge in [0.25, 0.3) is 0 Å². The molecule has 0 fully saturated rings. The lowest BCUT2D eigenvalue weighted by molar-refractivity contribution is -0.124. The van der Waals surface area contributed by atoms with Crippen LogP contribution in [0.4, 0.5) is 10.1 Å². The third kappa shape index (κ3) is 6.67. The minimum Gasteiger partial charge on any atom is -0.347 e. The van der Waals surface area contributed by atoms with Crippen molar-refractivity contribution in [2.75, 3.05) is 25.5 Å². The van der Waals surface area contributed by atoms with E-state index in [1.165, 1.54) is 25.5 Å². The molecule has 0 aliphatic rings. The normalized spacial score (nSPS) is 11.4. The number of hydrogen-bond acceptors (Lipinski definition) is 6. The van der Waals surface area contributed by atoms with Crippen LogP contribution >= 0.6 is 0 Å². The topological polar surface area (TPSA) is 126 Å². The van der Waals surface area contributed by atoms with Crippen LogP contribution in [0.15, 0.2) is 66.1 Å². The Hall–Kier alpha value is -3.64. The molecular weight excluding hydrogens is 451 g/mol. The van der Waals surface area contributed by atoms with Crippen LogP contribution in [0.1, 0.15) is 12.8 Å². The molecule has 0 aliphatic heterocycles.